The van der Waals surface area contributed by atoms with Crippen LogP contribution in [0, 0.1) is 26.2 Å². The number of methoxy groups -OCH3 is 1. The predicted octanol–water partition coefficient (Wildman–Crippen LogP) is 3.58. The molecule has 0 aromatic heterocycles. The van der Waals surface area contributed by atoms with Crippen molar-refractivity contribution in [3.63, 3.8) is 0 Å². The monoisotopic (exact) mass is 798 g/mol. The summed E-state index contributed by atoms with van der Waals surface area (Å²) in [6.07, 6.45) is 3.80. The number of rotatable bonds is 22. The van der Waals surface area contributed by atoms with E-state index >= 15 is 0 Å². The number of sulfonamides is 1. The summed E-state index contributed by atoms with van der Waals surface area (Å²) in [7, 11) is -3.02. The van der Waals surface area contributed by atoms with Crippen molar-refractivity contribution in [3.05, 3.63) is 77.4 Å². The Labute approximate surface area is 331 Å². The van der Waals surface area contributed by atoms with Crippen LogP contribution in [-0.4, -0.2) is 82.6 Å². The van der Waals surface area contributed by atoms with Crippen LogP contribution in [0.4, 0.5) is 0 Å². The van der Waals surface area contributed by atoms with Crippen LogP contribution in [0.1, 0.15) is 74.8 Å². The standard InChI is InChI=1S/C40H58N6O9S/c1-11-15-33(39(50)53-10)45-37(48)32(44-38(49)34(43-28(9)47)23-29-17-19-30(20-18-29)54-22-12-2)16-14-21-42-40(41)46-56(51,52)36-26(7)25(6)35(55-24(4)5)31(13-3)27(36)8/h11-12,17-20,24,32-34H,1-2,13-16,21-23H2,3-10H3,(H,43,47)(H,44,49)(H,45,48)(H3,41,42,46)/t32-,33-,34+/m1/s1. The lowest BCUT2D eigenvalue weighted by molar-refractivity contribution is -0.145. The zero-order chi connectivity index (χ0) is 42.2. The Kier molecular flexibility index (Phi) is 18.6. The second kappa shape index (κ2) is 22.2. The van der Waals surface area contributed by atoms with E-state index in [0.29, 0.717) is 46.8 Å². The average Bonchev–Trinajstić information content (AvgIpc) is 3.13. The van der Waals surface area contributed by atoms with Crippen LogP contribution in [0.15, 0.2) is 54.5 Å². The van der Waals surface area contributed by atoms with Gasteiger partial charge in [-0.25, -0.2) is 17.9 Å². The third-order valence-electron chi connectivity index (χ3n) is 8.76. The molecule has 2 rings (SSSR count). The van der Waals surface area contributed by atoms with Crippen LogP contribution in [0.3, 0.4) is 0 Å². The molecule has 0 fully saturated rings. The fourth-order valence-corrected chi connectivity index (χ4v) is 7.55. The number of hydrogen-bond acceptors (Lipinski definition) is 10. The van der Waals surface area contributed by atoms with Crippen molar-refractivity contribution < 1.29 is 41.8 Å². The first kappa shape index (κ1) is 46.8. The van der Waals surface area contributed by atoms with E-state index in [-0.39, 0.29) is 43.2 Å². The molecule has 2 aromatic rings. The largest absolute Gasteiger partial charge is 0.490 e. The topological polar surface area (TPSA) is 214 Å². The van der Waals surface area contributed by atoms with Crippen LogP contribution in [0.2, 0.25) is 0 Å². The Bertz CT molecular complexity index is 1840. The first-order valence-corrected chi connectivity index (χ1v) is 19.9. The van der Waals surface area contributed by atoms with Gasteiger partial charge in [0.15, 0.2) is 0 Å². The van der Waals surface area contributed by atoms with Gasteiger partial charge in [0.25, 0.3) is 10.0 Å². The molecule has 6 N–H and O–H groups in total. The van der Waals surface area contributed by atoms with Crippen molar-refractivity contribution in [1.29, 1.82) is 5.41 Å². The van der Waals surface area contributed by atoms with Crippen LogP contribution in [-0.2, 0) is 46.8 Å². The Morgan fingerprint density at radius 2 is 1.52 bits per heavy atom. The maximum Gasteiger partial charge on any atom is 0.328 e. The van der Waals surface area contributed by atoms with Crippen LogP contribution >= 0.6 is 0 Å². The summed E-state index contributed by atoms with van der Waals surface area (Å²) >= 11 is 0. The normalized spacial score (nSPS) is 12.7. The number of hydrogen-bond donors (Lipinski definition) is 6. The maximum atomic E-state index is 13.7. The van der Waals surface area contributed by atoms with E-state index in [1.54, 1.807) is 51.1 Å². The van der Waals surface area contributed by atoms with Crippen molar-refractivity contribution in [2.45, 2.75) is 110 Å². The summed E-state index contributed by atoms with van der Waals surface area (Å²) in [6, 6.07) is 3.59. The molecule has 0 aliphatic rings. The van der Waals surface area contributed by atoms with Gasteiger partial charge < -0.3 is 35.5 Å². The summed E-state index contributed by atoms with van der Waals surface area (Å²) in [5.41, 5.74) is 3.21. The molecular weight excluding hydrogens is 741 g/mol. The Morgan fingerprint density at radius 1 is 0.893 bits per heavy atom. The van der Waals surface area contributed by atoms with Gasteiger partial charge in [-0.3, -0.25) is 19.8 Å². The molecule has 0 heterocycles. The second-order valence-corrected chi connectivity index (χ2v) is 15.1. The number of nitrogens with one attached hydrogen (secondary N) is 6. The number of benzene rings is 2. The molecule has 0 radical (unpaired) electrons. The summed E-state index contributed by atoms with van der Waals surface area (Å²) in [5, 5.41) is 19.0. The van der Waals surface area contributed by atoms with Gasteiger partial charge in [-0.05, 0) is 100 Å². The lowest BCUT2D eigenvalue weighted by Crippen LogP contribution is -2.56. The highest BCUT2D eigenvalue weighted by Gasteiger charge is 2.30. The maximum absolute atomic E-state index is 13.7. The third-order valence-corrected chi connectivity index (χ3v) is 10.4. The minimum atomic E-state index is -4.20. The molecular formula is C40H58N6O9S. The smallest absolute Gasteiger partial charge is 0.328 e. The van der Waals surface area contributed by atoms with E-state index in [2.05, 4.69) is 39.1 Å². The number of carbonyl (C=O) groups is 4. The van der Waals surface area contributed by atoms with Gasteiger partial charge in [-0.15, -0.1) is 6.58 Å². The van der Waals surface area contributed by atoms with E-state index in [4.69, 9.17) is 19.6 Å². The van der Waals surface area contributed by atoms with Crippen molar-refractivity contribution in [2.24, 2.45) is 0 Å². The number of carbonyl (C=O) groups excluding carboxylic acids is 4. The Balaban J connectivity index is 2.25. The minimum absolute atomic E-state index is 0.00327. The molecule has 0 bridgehead atoms. The summed E-state index contributed by atoms with van der Waals surface area (Å²) < 4.78 is 46.0. The van der Waals surface area contributed by atoms with Crippen LogP contribution < -0.4 is 35.5 Å². The van der Waals surface area contributed by atoms with Gasteiger partial charge >= 0.3 is 5.97 Å². The first-order valence-electron chi connectivity index (χ1n) is 18.4. The van der Waals surface area contributed by atoms with Gasteiger partial charge in [-0.2, -0.15) is 0 Å². The van der Waals surface area contributed by atoms with E-state index < -0.39 is 57.8 Å². The van der Waals surface area contributed by atoms with Crippen molar-refractivity contribution in [1.82, 2.24) is 26.0 Å². The van der Waals surface area contributed by atoms with Gasteiger partial charge in [0.05, 0.1) is 18.1 Å². The molecule has 3 amide bonds. The van der Waals surface area contributed by atoms with E-state index in [0.717, 1.165) is 5.56 Å². The zero-order valence-corrected chi connectivity index (χ0v) is 34.5. The van der Waals surface area contributed by atoms with E-state index in [1.807, 2.05) is 20.8 Å². The van der Waals surface area contributed by atoms with Crippen molar-refractivity contribution in [2.75, 3.05) is 20.3 Å². The van der Waals surface area contributed by atoms with E-state index in [9.17, 15) is 27.6 Å². The zero-order valence-electron chi connectivity index (χ0n) is 33.7. The highest BCUT2D eigenvalue weighted by molar-refractivity contribution is 7.90. The molecule has 56 heavy (non-hydrogen) atoms. The molecule has 3 atom stereocenters. The number of ether oxygens (including phenoxy) is 3. The molecule has 0 aliphatic heterocycles. The van der Waals surface area contributed by atoms with Crippen molar-refractivity contribution in [3.8, 4) is 11.5 Å². The van der Waals surface area contributed by atoms with Gasteiger partial charge in [0.1, 0.15) is 36.2 Å². The SMILES string of the molecule is C=CCOc1ccc(C[C@H](NC(C)=O)C(=O)N[C@H](CCCNC(=N)NS(=O)(=O)c2c(C)c(C)c(OC(C)C)c(CC)c2C)C(=O)N[C@H](CC=C)C(=O)OC)cc1. The number of amides is 3. The quantitative estimate of drug-likeness (QED) is 0.0335. The Morgan fingerprint density at radius 3 is 2.07 bits per heavy atom. The van der Waals surface area contributed by atoms with Gasteiger partial charge in [-0.1, -0.05) is 37.8 Å². The molecule has 0 unspecified atom stereocenters. The second-order valence-electron chi connectivity index (χ2n) is 13.5. The van der Waals surface area contributed by atoms with Crippen LogP contribution in [0.25, 0.3) is 0 Å². The predicted molar refractivity (Wildman–Crippen MR) is 215 cm³/mol. The molecule has 0 saturated carbocycles. The molecule has 308 valence electrons. The summed E-state index contributed by atoms with van der Waals surface area (Å²) in [6.45, 7) is 19.8. The van der Waals surface area contributed by atoms with Gasteiger partial charge in [0.2, 0.25) is 23.7 Å². The lowest BCUT2D eigenvalue weighted by atomic mass is 9.97. The molecule has 0 saturated heterocycles. The molecule has 0 spiro atoms. The molecule has 0 aliphatic carbocycles. The lowest BCUT2D eigenvalue weighted by Gasteiger charge is -2.25. The molecule has 2 aromatic carbocycles. The van der Waals surface area contributed by atoms with Crippen LogP contribution in [0.5, 0.6) is 11.5 Å². The Hall–Kier alpha value is -5.38. The fraction of sp³-hybridized carbons (Fsp3) is 0.475. The molecule has 15 nitrogen and oxygen atoms in total. The third kappa shape index (κ3) is 13.7. The fourth-order valence-electron chi connectivity index (χ4n) is 6.02. The summed E-state index contributed by atoms with van der Waals surface area (Å²) in [5.74, 6) is -1.77. The average molecular weight is 799 g/mol. The first-order chi connectivity index (χ1) is 26.4. The van der Waals surface area contributed by atoms with Gasteiger partial charge in [0, 0.05) is 19.9 Å². The van der Waals surface area contributed by atoms with E-state index in [1.165, 1.54) is 20.1 Å². The summed E-state index contributed by atoms with van der Waals surface area (Å²) in [4.78, 5) is 51.8. The number of esters is 1. The minimum Gasteiger partial charge on any atom is -0.490 e. The number of guanidine groups is 1. The highest BCUT2D eigenvalue weighted by Crippen LogP contribution is 2.36. The highest BCUT2D eigenvalue weighted by atomic mass is 32.2. The molecule has 16 heteroatoms. The van der Waals surface area contributed by atoms with Crippen molar-refractivity contribution >= 4 is 39.7 Å².